The number of phenolic OH excluding ortho intramolecular Hbond substituents is 1. The van der Waals surface area contributed by atoms with Crippen LogP contribution in [0.2, 0.25) is 0 Å². The van der Waals surface area contributed by atoms with Crippen LogP contribution in [0.15, 0.2) is 18.2 Å². The topological polar surface area (TPSA) is 41.5 Å². The summed E-state index contributed by atoms with van der Waals surface area (Å²) in [6.07, 6.45) is 10.0. The lowest BCUT2D eigenvalue weighted by Gasteiger charge is -2.08. The molecule has 0 amide bonds. The summed E-state index contributed by atoms with van der Waals surface area (Å²) < 4.78 is 5.11. The molecule has 1 aromatic carbocycles. The molecule has 0 heterocycles. The van der Waals surface area contributed by atoms with E-state index >= 15 is 0 Å². The molecule has 1 fully saturated rings. The fourth-order valence-corrected chi connectivity index (χ4v) is 2.99. The van der Waals surface area contributed by atoms with E-state index in [9.17, 15) is 5.11 Å². The van der Waals surface area contributed by atoms with Crippen LogP contribution in [-0.4, -0.2) is 18.8 Å². The van der Waals surface area contributed by atoms with Crippen LogP contribution in [0.4, 0.5) is 0 Å². The minimum absolute atomic E-state index is 0.190. The Labute approximate surface area is 140 Å². The summed E-state index contributed by atoms with van der Waals surface area (Å²) in [7, 11) is 1.57. The number of hydrogen-bond acceptors (Lipinski definition) is 3. The first-order valence-corrected chi connectivity index (χ1v) is 8.84. The highest BCUT2D eigenvalue weighted by molar-refractivity contribution is 5.41. The predicted octanol–water partition coefficient (Wildman–Crippen LogP) is 4.24. The van der Waals surface area contributed by atoms with Crippen molar-refractivity contribution in [3.63, 3.8) is 0 Å². The highest BCUT2D eigenvalue weighted by Gasteiger charge is 2.11. The number of nitrogens with one attached hydrogen (secondary N) is 1. The number of unbranched alkanes of at least 4 members (excludes halogenated alkanes) is 3. The smallest absolute Gasteiger partial charge is 0.160 e. The van der Waals surface area contributed by atoms with Crippen molar-refractivity contribution < 1.29 is 9.84 Å². The van der Waals surface area contributed by atoms with Crippen molar-refractivity contribution in [2.75, 3.05) is 13.7 Å². The molecule has 0 atom stereocenters. The van der Waals surface area contributed by atoms with Crippen LogP contribution in [0.3, 0.4) is 0 Å². The van der Waals surface area contributed by atoms with Crippen molar-refractivity contribution in [3.8, 4) is 23.3 Å². The lowest BCUT2D eigenvalue weighted by Crippen LogP contribution is -2.14. The van der Waals surface area contributed by atoms with Crippen molar-refractivity contribution in [3.05, 3.63) is 23.8 Å². The molecule has 2 N–H and O–H groups in total. The van der Waals surface area contributed by atoms with E-state index in [2.05, 4.69) is 17.2 Å². The largest absolute Gasteiger partial charge is 0.504 e. The van der Waals surface area contributed by atoms with Crippen LogP contribution in [0.5, 0.6) is 11.5 Å². The Morgan fingerprint density at radius 1 is 1.22 bits per heavy atom. The van der Waals surface area contributed by atoms with Gasteiger partial charge in [-0.1, -0.05) is 31.2 Å². The molecule has 1 aliphatic rings. The Morgan fingerprint density at radius 3 is 2.83 bits per heavy atom. The van der Waals surface area contributed by atoms with Crippen molar-refractivity contribution >= 4 is 0 Å². The molecule has 126 valence electrons. The van der Waals surface area contributed by atoms with Crippen LogP contribution >= 0.6 is 0 Å². The SMILES string of the molecule is COc1cc(CNCCCCCC#CC2CCCC2)ccc1O. The van der Waals surface area contributed by atoms with Gasteiger partial charge in [-0.15, -0.1) is 5.92 Å². The summed E-state index contributed by atoms with van der Waals surface area (Å²) in [5, 5.41) is 13.0. The van der Waals surface area contributed by atoms with E-state index in [1.165, 1.54) is 44.9 Å². The molecule has 3 nitrogen and oxygen atoms in total. The zero-order valence-corrected chi connectivity index (χ0v) is 14.2. The average molecular weight is 315 g/mol. The minimum Gasteiger partial charge on any atom is -0.504 e. The van der Waals surface area contributed by atoms with Crippen LogP contribution in [0.25, 0.3) is 0 Å². The zero-order valence-electron chi connectivity index (χ0n) is 14.2. The van der Waals surface area contributed by atoms with Gasteiger partial charge in [0.25, 0.3) is 0 Å². The summed E-state index contributed by atoms with van der Waals surface area (Å²) in [5.74, 6) is 8.19. The molecule has 3 heteroatoms. The van der Waals surface area contributed by atoms with Gasteiger partial charge >= 0.3 is 0 Å². The average Bonchev–Trinajstić information content (AvgIpc) is 3.08. The van der Waals surface area contributed by atoms with Crippen molar-refractivity contribution in [1.82, 2.24) is 5.32 Å². The van der Waals surface area contributed by atoms with Crippen molar-refractivity contribution in [2.24, 2.45) is 5.92 Å². The van der Waals surface area contributed by atoms with E-state index in [-0.39, 0.29) is 5.75 Å². The van der Waals surface area contributed by atoms with Gasteiger partial charge in [0.2, 0.25) is 0 Å². The normalized spacial score (nSPS) is 14.5. The van der Waals surface area contributed by atoms with Gasteiger partial charge in [0.1, 0.15) is 0 Å². The number of ether oxygens (including phenoxy) is 1. The first-order valence-electron chi connectivity index (χ1n) is 8.84. The maximum absolute atomic E-state index is 9.56. The van der Waals surface area contributed by atoms with E-state index < -0.39 is 0 Å². The Balaban J connectivity index is 1.50. The zero-order chi connectivity index (χ0) is 16.3. The molecule has 23 heavy (non-hydrogen) atoms. The molecule has 1 aliphatic carbocycles. The molecular formula is C20H29NO2. The van der Waals surface area contributed by atoms with Crippen LogP contribution < -0.4 is 10.1 Å². The van der Waals surface area contributed by atoms with Gasteiger partial charge in [-0.25, -0.2) is 0 Å². The Kier molecular flexibility index (Phi) is 7.83. The summed E-state index contributed by atoms with van der Waals surface area (Å²) in [6, 6.07) is 5.48. The van der Waals surface area contributed by atoms with Gasteiger partial charge in [0.15, 0.2) is 11.5 Å². The third-order valence-electron chi connectivity index (χ3n) is 4.39. The third kappa shape index (κ3) is 6.54. The molecule has 1 saturated carbocycles. The summed E-state index contributed by atoms with van der Waals surface area (Å²) >= 11 is 0. The fourth-order valence-electron chi connectivity index (χ4n) is 2.99. The number of benzene rings is 1. The minimum atomic E-state index is 0.190. The number of aromatic hydroxyl groups is 1. The Hall–Kier alpha value is -1.66. The van der Waals surface area contributed by atoms with Crippen molar-refractivity contribution in [1.29, 1.82) is 0 Å². The maximum atomic E-state index is 9.56. The van der Waals surface area contributed by atoms with E-state index in [0.29, 0.717) is 11.7 Å². The highest BCUT2D eigenvalue weighted by atomic mass is 16.5. The van der Waals surface area contributed by atoms with E-state index in [4.69, 9.17) is 4.74 Å². The van der Waals surface area contributed by atoms with E-state index in [0.717, 1.165) is 25.1 Å². The standard InChI is InChI=1S/C20H29NO2/c1-23-20-15-18(12-13-19(20)22)16-21-14-8-4-2-3-5-9-17-10-6-7-11-17/h12-13,15,17,21-22H,2-4,6-8,10-11,14,16H2,1H3. The van der Waals surface area contributed by atoms with E-state index in [1.54, 1.807) is 13.2 Å². The monoisotopic (exact) mass is 315 g/mol. The predicted molar refractivity (Wildman–Crippen MR) is 94.6 cm³/mol. The van der Waals surface area contributed by atoms with Crippen LogP contribution in [0.1, 0.15) is 56.9 Å². The van der Waals surface area contributed by atoms with Crippen LogP contribution in [0, 0.1) is 17.8 Å². The second-order valence-electron chi connectivity index (χ2n) is 6.30. The van der Waals surface area contributed by atoms with E-state index in [1.807, 2.05) is 12.1 Å². The van der Waals surface area contributed by atoms with Crippen molar-refractivity contribution in [2.45, 2.75) is 57.9 Å². The van der Waals surface area contributed by atoms with Gasteiger partial charge in [0.05, 0.1) is 7.11 Å². The summed E-state index contributed by atoms with van der Waals surface area (Å²) in [6.45, 7) is 1.82. The first-order chi connectivity index (χ1) is 11.3. The van der Waals surface area contributed by atoms with Gasteiger partial charge in [-0.05, 0) is 49.9 Å². The second kappa shape index (κ2) is 10.2. The molecule has 2 rings (SSSR count). The van der Waals surface area contributed by atoms with Gasteiger partial charge < -0.3 is 15.2 Å². The fraction of sp³-hybridized carbons (Fsp3) is 0.600. The third-order valence-corrected chi connectivity index (χ3v) is 4.39. The molecule has 0 bridgehead atoms. The van der Waals surface area contributed by atoms with Gasteiger partial charge in [-0.3, -0.25) is 0 Å². The lowest BCUT2D eigenvalue weighted by atomic mass is 10.1. The molecule has 0 radical (unpaired) electrons. The first kappa shape index (κ1) is 17.7. The molecule has 1 aromatic rings. The Morgan fingerprint density at radius 2 is 2.04 bits per heavy atom. The quantitative estimate of drug-likeness (QED) is 0.557. The molecule has 0 aromatic heterocycles. The highest BCUT2D eigenvalue weighted by Crippen LogP contribution is 2.26. The number of methoxy groups -OCH3 is 1. The molecule has 0 spiro atoms. The van der Waals surface area contributed by atoms with Gasteiger partial charge in [-0.2, -0.15) is 0 Å². The number of phenols is 1. The van der Waals surface area contributed by atoms with Gasteiger partial charge in [0, 0.05) is 18.9 Å². The lowest BCUT2D eigenvalue weighted by molar-refractivity contribution is 0.372. The summed E-state index contributed by atoms with van der Waals surface area (Å²) in [4.78, 5) is 0. The maximum Gasteiger partial charge on any atom is 0.160 e. The second-order valence-corrected chi connectivity index (χ2v) is 6.30. The molecule has 0 saturated heterocycles. The Bertz CT molecular complexity index is 524. The molecule has 0 aliphatic heterocycles. The van der Waals surface area contributed by atoms with Crippen LogP contribution in [-0.2, 0) is 6.54 Å². The number of rotatable bonds is 8. The molecular weight excluding hydrogens is 286 g/mol. The summed E-state index contributed by atoms with van der Waals surface area (Å²) in [5.41, 5.74) is 1.13. The number of hydrogen-bond donors (Lipinski definition) is 2. The molecule has 0 unspecified atom stereocenters.